The molecule has 1 atom stereocenters. The summed E-state index contributed by atoms with van der Waals surface area (Å²) in [4.78, 5) is 18.8. The summed E-state index contributed by atoms with van der Waals surface area (Å²) in [6, 6.07) is 3.01. The van der Waals surface area contributed by atoms with Gasteiger partial charge < -0.3 is 5.32 Å². The lowest BCUT2D eigenvalue weighted by Gasteiger charge is -2.25. The quantitative estimate of drug-likeness (QED) is 0.668. The minimum atomic E-state index is -0.424. The first kappa shape index (κ1) is 13.2. The number of aromatic nitrogens is 1. The van der Waals surface area contributed by atoms with Crippen molar-refractivity contribution < 1.29 is 4.92 Å². The number of thioether (sulfide) groups is 2. The Morgan fingerprint density at radius 1 is 1.50 bits per heavy atom. The van der Waals surface area contributed by atoms with Gasteiger partial charge in [-0.3, -0.25) is 15.1 Å². The van der Waals surface area contributed by atoms with Crippen LogP contribution in [0.3, 0.4) is 0 Å². The van der Waals surface area contributed by atoms with Crippen molar-refractivity contribution in [1.82, 2.24) is 10.3 Å². The summed E-state index contributed by atoms with van der Waals surface area (Å²) in [5.41, 5.74) is 0.00814. The van der Waals surface area contributed by atoms with Gasteiger partial charge in [-0.15, -0.1) is 0 Å². The molecule has 6 nitrogen and oxygen atoms in total. The number of allylic oxidation sites excluding steroid dienone is 2. The molecular formula is C12H10N4O2S2. The van der Waals surface area contributed by atoms with E-state index in [1.54, 1.807) is 24.0 Å². The van der Waals surface area contributed by atoms with E-state index in [4.69, 9.17) is 0 Å². The van der Waals surface area contributed by atoms with Crippen molar-refractivity contribution in [1.29, 1.82) is 0 Å². The zero-order valence-corrected chi connectivity index (χ0v) is 11.9. The molecule has 1 unspecified atom stereocenters. The summed E-state index contributed by atoms with van der Waals surface area (Å²) in [6.07, 6.45) is 9.35. The molecule has 1 aromatic rings. The topological polar surface area (TPSA) is 80.4 Å². The van der Waals surface area contributed by atoms with Crippen LogP contribution in [-0.4, -0.2) is 25.7 Å². The summed E-state index contributed by atoms with van der Waals surface area (Å²) in [5.74, 6) is 0. The van der Waals surface area contributed by atoms with Crippen molar-refractivity contribution >= 4 is 33.6 Å². The molecule has 3 heterocycles. The number of nitro groups is 1. The van der Waals surface area contributed by atoms with E-state index in [0.29, 0.717) is 11.6 Å². The van der Waals surface area contributed by atoms with Crippen molar-refractivity contribution in [2.75, 3.05) is 6.54 Å². The predicted molar refractivity (Wildman–Crippen MR) is 80.8 cm³/mol. The zero-order chi connectivity index (χ0) is 14.0. The first-order chi connectivity index (χ1) is 9.69. The number of hydrogen-bond acceptors (Lipinski definition) is 7. The Balaban J connectivity index is 1.76. The predicted octanol–water partition coefficient (Wildman–Crippen LogP) is 2.55. The normalized spacial score (nSPS) is 23.7. The van der Waals surface area contributed by atoms with Gasteiger partial charge in [0.2, 0.25) is 0 Å². The van der Waals surface area contributed by atoms with Crippen LogP contribution in [0.1, 0.15) is 0 Å². The van der Waals surface area contributed by atoms with Crippen LogP contribution in [0, 0.1) is 10.1 Å². The van der Waals surface area contributed by atoms with E-state index in [1.165, 1.54) is 17.8 Å². The largest absolute Gasteiger partial charge is 0.372 e. The molecular weight excluding hydrogens is 296 g/mol. The van der Waals surface area contributed by atoms with E-state index in [0.717, 1.165) is 4.38 Å². The van der Waals surface area contributed by atoms with Gasteiger partial charge in [0, 0.05) is 12.3 Å². The highest BCUT2D eigenvalue weighted by molar-refractivity contribution is 8.39. The average molecular weight is 306 g/mol. The van der Waals surface area contributed by atoms with Gasteiger partial charge in [-0.2, -0.15) is 0 Å². The average Bonchev–Trinajstić information content (AvgIpc) is 2.82. The highest BCUT2D eigenvalue weighted by Gasteiger charge is 2.35. The molecule has 102 valence electrons. The van der Waals surface area contributed by atoms with E-state index in [9.17, 15) is 10.1 Å². The maximum atomic E-state index is 11.0. The first-order valence-electron chi connectivity index (χ1n) is 5.81. The minimum Gasteiger partial charge on any atom is -0.372 e. The molecule has 0 amide bonds. The second kappa shape index (κ2) is 5.29. The van der Waals surface area contributed by atoms with Gasteiger partial charge in [-0.1, -0.05) is 17.8 Å². The molecule has 1 N–H and O–H groups in total. The molecule has 2 aliphatic rings. The van der Waals surface area contributed by atoms with Crippen LogP contribution in [0.25, 0.3) is 0 Å². The van der Waals surface area contributed by atoms with Gasteiger partial charge >= 0.3 is 5.69 Å². The number of aliphatic imine (C=N–C) groups is 1. The Morgan fingerprint density at radius 3 is 3.15 bits per heavy atom. The van der Waals surface area contributed by atoms with Gasteiger partial charge in [0.05, 0.1) is 11.5 Å². The zero-order valence-electron chi connectivity index (χ0n) is 10.2. The summed E-state index contributed by atoms with van der Waals surface area (Å²) >= 11 is 2.79. The Labute approximate surface area is 123 Å². The van der Waals surface area contributed by atoms with E-state index >= 15 is 0 Å². The molecule has 1 aromatic heterocycles. The van der Waals surface area contributed by atoms with Crippen LogP contribution >= 0.6 is 23.5 Å². The maximum absolute atomic E-state index is 11.0. The Morgan fingerprint density at radius 2 is 2.40 bits per heavy atom. The fourth-order valence-corrected chi connectivity index (χ4v) is 4.15. The Hall–Kier alpha value is -1.80. The van der Waals surface area contributed by atoms with Crippen molar-refractivity contribution in [2.24, 2.45) is 4.99 Å². The Bertz CT molecular complexity index is 644. The van der Waals surface area contributed by atoms with Gasteiger partial charge in [-0.25, -0.2) is 4.98 Å². The number of dihydropyridines is 1. The van der Waals surface area contributed by atoms with Crippen LogP contribution in [0.15, 0.2) is 52.8 Å². The molecule has 1 spiro atoms. The summed E-state index contributed by atoms with van der Waals surface area (Å²) < 4.78 is 0.777. The third kappa shape index (κ3) is 2.56. The van der Waals surface area contributed by atoms with Crippen LogP contribution < -0.4 is 5.32 Å². The third-order valence-electron chi connectivity index (χ3n) is 2.74. The highest BCUT2D eigenvalue weighted by Crippen LogP contribution is 2.41. The number of pyridine rings is 1. The lowest BCUT2D eigenvalue weighted by Crippen LogP contribution is -2.38. The molecule has 3 rings (SSSR count). The van der Waals surface area contributed by atoms with Crippen molar-refractivity contribution in [3.8, 4) is 0 Å². The monoisotopic (exact) mass is 306 g/mol. The molecule has 20 heavy (non-hydrogen) atoms. The fourth-order valence-electron chi connectivity index (χ4n) is 1.80. The summed E-state index contributed by atoms with van der Waals surface area (Å²) in [7, 11) is 0. The van der Waals surface area contributed by atoms with Gasteiger partial charge in [0.25, 0.3) is 0 Å². The van der Waals surface area contributed by atoms with Gasteiger partial charge in [0.1, 0.15) is 9.25 Å². The van der Waals surface area contributed by atoms with E-state index in [-0.39, 0.29) is 10.6 Å². The molecule has 0 saturated heterocycles. The number of nitrogens with one attached hydrogen (secondary N) is 1. The first-order valence-corrected chi connectivity index (χ1v) is 7.45. The smallest absolute Gasteiger partial charge is 0.301 e. The minimum absolute atomic E-state index is 0.00814. The Kier molecular flexibility index (Phi) is 3.49. The van der Waals surface area contributed by atoms with E-state index in [1.807, 2.05) is 24.4 Å². The molecule has 0 aliphatic carbocycles. The second-order valence-electron chi connectivity index (χ2n) is 4.12. The third-order valence-corrected chi connectivity index (χ3v) is 5.11. The van der Waals surface area contributed by atoms with Gasteiger partial charge in [-0.05, 0) is 36.2 Å². The van der Waals surface area contributed by atoms with Crippen LogP contribution in [-0.2, 0) is 0 Å². The second-order valence-corrected chi connectivity index (χ2v) is 6.68. The SMILES string of the molecule is O=[N+]([O-])c1cccnc1SC1=NCC2(C=CC=CN2)S1. The van der Waals surface area contributed by atoms with Crippen LogP contribution in [0.5, 0.6) is 0 Å². The van der Waals surface area contributed by atoms with E-state index in [2.05, 4.69) is 15.3 Å². The number of hydrogen-bond donors (Lipinski definition) is 1. The molecule has 0 fully saturated rings. The number of rotatable bonds is 2. The molecule has 0 saturated carbocycles. The standard InChI is InChI=1S/C12H10N4O2S2/c17-16(18)9-4-3-6-13-10(9)19-11-14-8-12(20-11)5-1-2-7-15-12/h1-7,15H,8H2. The van der Waals surface area contributed by atoms with Crippen molar-refractivity contribution in [2.45, 2.75) is 9.90 Å². The number of nitrogens with zero attached hydrogens (tertiary/aromatic N) is 3. The molecule has 8 heteroatoms. The fraction of sp³-hybridized carbons (Fsp3) is 0.167. The molecule has 0 aromatic carbocycles. The lowest BCUT2D eigenvalue weighted by atomic mass is 10.2. The van der Waals surface area contributed by atoms with E-state index < -0.39 is 4.92 Å². The molecule has 2 aliphatic heterocycles. The van der Waals surface area contributed by atoms with Crippen molar-refractivity contribution in [3.05, 3.63) is 52.9 Å². The highest BCUT2D eigenvalue weighted by atomic mass is 32.2. The lowest BCUT2D eigenvalue weighted by molar-refractivity contribution is -0.388. The summed E-state index contributed by atoms with van der Waals surface area (Å²) in [5, 5.41) is 14.6. The van der Waals surface area contributed by atoms with Gasteiger partial charge in [0.15, 0.2) is 5.03 Å². The molecule has 0 bridgehead atoms. The maximum Gasteiger partial charge on any atom is 0.301 e. The summed E-state index contributed by atoms with van der Waals surface area (Å²) in [6.45, 7) is 0.599. The molecule has 0 radical (unpaired) electrons. The van der Waals surface area contributed by atoms with Crippen LogP contribution in [0.4, 0.5) is 5.69 Å². The van der Waals surface area contributed by atoms with Crippen molar-refractivity contribution in [3.63, 3.8) is 0 Å². The van der Waals surface area contributed by atoms with Crippen LogP contribution in [0.2, 0.25) is 0 Å².